The lowest BCUT2D eigenvalue weighted by atomic mass is 9.95. The van der Waals surface area contributed by atoms with Gasteiger partial charge in [0.2, 0.25) is 0 Å². The zero-order chi connectivity index (χ0) is 20.1. The third-order valence-electron chi connectivity index (χ3n) is 4.26. The Bertz CT molecular complexity index is 760. The van der Waals surface area contributed by atoms with Crippen LogP contribution in [0.3, 0.4) is 0 Å². The molecule has 0 saturated heterocycles. The van der Waals surface area contributed by atoms with E-state index in [1.807, 2.05) is 56.3 Å². The van der Waals surface area contributed by atoms with Crippen molar-refractivity contribution in [2.45, 2.75) is 39.5 Å². The number of benzene rings is 2. The molecule has 1 aliphatic heterocycles. The van der Waals surface area contributed by atoms with E-state index < -0.39 is 0 Å². The molecule has 146 valence electrons. The second kappa shape index (κ2) is 13.1. The lowest BCUT2D eigenvalue weighted by molar-refractivity contribution is 0.482. The molecule has 3 rings (SSSR count). The number of unbranched alkanes of at least 4 members (excludes halogenated alkanes) is 1. The summed E-state index contributed by atoms with van der Waals surface area (Å²) in [6, 6.07) is 9.71. The third-order valence-corrected chi connectivity index (χ3v) is 4.63. The molecule has 2 nitrogen and oxygen atoms in total. The van der Waals surface area contributed by atoms with E-state index in [0.717, 1.165) is 23.0 Å². The lowest BCUT2D eigenvalue weighted by Gasteiger charge is -2.10. The summed E-state index contributed by atoms with van der Waals surface area (Å²) in [6.07, 6.45) is 12.3. The first kappa shape index (κ1) is 22.9. The van der Waals surface area contributed by atoms with E-state index in [-0.39, 0.29) is 0 Å². The monoisotopic (exact) mass is 385 g/mol. The summed E-state index contributed by atoms with van der Waals surface area (Å²) in [4.78, 5) is 0. The number of phenols is 1. The molecule has 0 aliphatic carbocycles. The fraction of sp³-hybridized carbons (Fsp3) is 0.333. The summed E-state index contributed by atoms with van der Waals surface area (Å²) in [5.74, 6) is 1.27. The average Bonchev–Trinajstić information content (AvgIpc) is 3.12. The van der Waals surface area contributed by atoms with E-state index in [1.165, 1.54) is 18.4 Å². The maximum atomic E-state index is 9.92. The van der Waals surface area contributed by atoms with Crippen LogP contribution < -0.4 is 5.32 Å². The topological polar surface area (TPSA) is 32.3 Å². The number of aromatic hydroxyl groups is 1. The first-order valence-corrected chi connectivity index (χ1v) is 10.1. The number of hydrogen-bond acceptors (Lipinski definition) is 2. The van der Waals surface area contributed by atoms with Crippen LogP contribution in [0.25, 0.3) is 10.8 Å². The van der Waals surface area contributed by atoms with Crippen LogP contribution in [0.4, 0.5) is 5.69 Å². The molecule has 1 unspecified atom stereocenters. The van der Waals surface area contributed by atoms with Gasteiger partial charge < -0.3 is 10.4 Å². The van der Waals surface area contributed by atoms with Gasteiger partial charge in [-0.3, -0.25) is 0 Å². The van der Waals surface area contributed by atoms with Crippen LogP contribution in [-0.4, -0.2) is 17.5 Å². The van der Waals surface area contributed by atoms with Gasteiger partial charge in [0, 0.05) is 35.5 Å². The fourth-order valence-electron chi connectivity index (χ4n) is 2.79. The van der Waals surface area contributed by atoms with Gasteiger partial charge in [-0.05, 0) is 31.2 Å². The standard InChI is InChI=1S/C13H12ClNO.C7H12.C4H8/c14-6-8-7-15-11-5-12(16)9-3-1-2-4-10(9)13(8)11;1-3-5-7-6-4-2;1-3-4-2/h1-5,8,15-16H,6-7H2;3,5,7H,1,4,6H2,2H3;3-4H,1-2H3/b;;4-3-. The molecule has 2 aromatic carbocycles. The number of phenolic OH excluding ortho intramolecular Hbond substituents is 1. The van der Waals surface area contributed by atoms with Gasteiger partial charge in [0.05, 0.1) is 0 Å². The average molecular weight is 386 g/mol. The van der Waals surface area contributed by atoms with Gasteiger partial charge in [0.15, 0.2) is 0 Å². The van der Waals surface area contributed by atoms with Crippen LogP contribution in [0.1, 0.15) is 45.1 Å². The van der Waals surface area contributed by atoms with Crippen LogP contribution in [0.5, 0.6) is 5.75 Å². The van der Waals surface area contributed by atoms with Crippen molar-refractivity contribution in [2.75, 3.05) is 17.7 Å². The van der Waals surface area contributed by atoms with Crippen molar-refractivity contribution < 1.29 is 5.11 Å². The number of hydrogen-bond donors (Lipinski definition) is 2. The molecule has 2 N–H and O–H groups in total. The summed E-state index contributed by atoms with van der Waals surface area (Å²) in [5.41, 5.74) is 2.25. The van der Waals surface area contributed by atoms with E-state index >= 15 is 0 Å². The fourth-order valence-corrected chi connectivity index (χ4v) is 3.05. The molecule has 1 heterocycles. The molecule has 27 heavy (non-hydrogen) atoms. The van der Waals surface area contributed by atoms with Crippen LogP contribution in [0.15, 0.2) is 67.3 Å². The van der Waals surface area contributed by atoms with Crippen LogP contribution in [0, 0.1) is 0 Å². The number of anilines is 1. The summed E-state index contributed by atoms with van der Waals surface area (Å²) >= 11 is 5.97. The van der Waals surface area contributed by atoms with Gasteiger partial charge in [-0.15, -0.1) is 11.6 Å². The van der Waals surface area contributed by atoms with E-state index in [9.17, 15) is 5.11 Å². The Morgan fingerprint density at radius 2 is 1.89 bits per heavy atom. The third kappa shape index (κ3) is 6.80. The summed E-state index contributed by atoms with van der Waals surface area (Å²) in [7, 11) is 0. The highest BCUT2D eigenvalue weighted by Crippen LogP contribution is 2.41. The molecular formula is C24H32ClNO. The second-order valence-electron chi connectivity index (χ2n) is 6.25. The Balaban J connectivity index is 0.000000279. The highest BCUT2D eigenvalue weighted by molar-refractivity contribution is 6.18. The number of halogens is 1. The predicted molar refractivity (Wildman–Crippen MR) is 122 cm³/mol. The number of allylic oxidation sites excluding steroid dienone is 5. The van der Waals surface area contributed by atoms with E-state index in [1.54, 1.807) is 12.1 Å². The largest absolute Gasteiger partial charge is 0.507 e. The van der Waals surface area contributed by atoms with E-state index in [4.69, 9.17) is 11.6 Å². The highest BCUT2D eigenvalue weighted by Gasteiger charge is 2.24. The minimum Gasteiger partial charge on any atom is -0.507 e. The summed E-state index contributed by atoms with van der Waals surface area (Å²) < 4.78 is 0. The normalized spacial score (nSPS) is 14.9. The Labute approximate surface area is 169 Å². The van der Waals surface area contributed by atoms with Crippen LogP contribution in [0.2, 0.25) is 0 Å². The number of alkyl halides is 1. The van der Waals surface area contributed by atoms with Gasteiger partial charge >= 0.3 is 0 Å². The number of nitrogens with one attached hydrogen (secondary N) is 1. The molecule has 0 saturated carbocycles. The lowest BCUT2D eigenvalue weighted by Crippen LogP contribution is -2.02. The molecule has 0 amide bonds. The van der Waals surface area contributed by atoms with Gasteiger partial charge in [-0.1, -0.05) is 74.6 Å². The minimum absolute atomic E-state index is 0.331. The molecule has 3 heteroatoms. The van der Waals surface area contributed by atoms with Gasteiger partial charge in [-0.2, -0.15) is 0 Å². The maximum absolute atomic E-state index is 9.92. The SMILES string of the molecule is C/C=C\C.C=CC=CCCC.Oc1cc2c(c3ccccc13)C(CCl)CN2. The molecule has 1 atom stereocenters. The van der Waals surface area contributed by atoms with Crippen LogP contribution in [-0.2, 0) is 0 Å². The minimum atomic E-state index is 0.331. The predicted octanol–water partition coefficient (Wildman–Crippen LogP) is 7.40. The van der Waals surface area contributed by atoms with E-state index in [0.29, 0.717) is 17.5 Å². The van der Waals surface area contributed by atoms with Crippen molar-refractivity contribution in [2.24, 2.45) is 0 Å². The molecule has 1 aliphatic rings. The quantitative estimate of drug-likeness (QED) is 0.326. The first-order valence-electron chi connectivity index (χ1n) is 9.53. The molecule has 0 aromatic heterocycles. The van der Waals surface area contributed by atoms with Gasteiger partial charge in [0.1, 0.15) is 5.75 Å². The molecule has 0 fully saturated rings. The maximum Gasteiger partial charge on any atom is 0.125 e. The van der Waals surface area contributed by atoms with Crippen molar-refractivity contribution in [3.63, 3.8) is 0 Å². The van der Waals surface area contributed by atoms with Crippen molar-refractivity contribution in [1.29, 1.82) is 0 Å². The molecular weight excluding hydrogens is 354 g/mol. The van der Waals surface area contributed by atoms with Crippen molar-refractivity contribution in [1.82, 2.24) is 0 Å². The van der Waals surface area contributed by atoms with Gasteiger partial charge in [-0.25, -0.2) is 0 Å². The summed E-state index contributed by atoms with van der Waals surface area (Å²) in [6.45, 7) is 10.6. The Morgan fingerprint density at radius 1 is 1.22 bits per heavy atom. The van der Waals surface area contributed by atoms with E-state index in [2.05, 4.69) is 24.9 Å². The number of rotatable bonds is 4. The van der Waals surface area contributed by atoms with Crippen molar-refractivity contribution in [3.05, 3.63) is 72.9 Å². The summed E-state index contributed by atoms with van der Waals surface area (Å²) in [5, 5.41) is 15.2. The Morgan fingerprint density at radius 3 is 2.44 bits per heavy atom. The zero-order valence-electron chi connectivity index (χ0n) is 16.7. The number of fused-ring (bicyclic) bond motifs is 3. The zero-order valence-corrected chi connectivity index (χ0v) is 17.5. The van der Waals surface area contributed by atoms with Gasteiger partial charge in [0.25, 0.3) is 0 Å². The molecule has 0 bridgehead atoms. The molecule has 2 aromatic rings. The molecule has 0 radical (unpaired) electrons. The Kier molecular flexibility index (Phi) is 11.0. The second-order valence-corrected chi connectivity index (χ2v) is 6.56. The van der Waals surface area contributed by atoms with Crippen molar-refractivity contribution in [3.8, 4) is 5.75 Å². The molecule has 0 spiro atoms. The van der Waals surface area contributed by atoms with Crippen LogP contribution >= 0.6 is 11.6 Å². The van der Waals surface area contributed by atoms with Crippen molar-refractivity contribution >= 4 is 28.1 Å². The smallest absolute Gasteiger partial charge is 0.125 e. The Hall–Kier alpha value is -2.19. The highest BCUT2D eigenvalue weighted by atomic mass is 35.5. The first-order chi connectivity index (χ1) is 13.1.